The molecule has 1 amide bonds. The summed E-state index contributed by atoms with van der Waals surface area (Å²) in [6.45, 7) is 2.99. The molecule has 6 nitrogen and oxygen atoms in total. The van der Waals surface area contributed by atoms with E-state index in [1.165, 1.54) is 4.90 Å². The Bertz CT molecular complexity index is 867. The third-order valence-electron chi connectivity index (χ3n) is 4.62. The summed E-state index contributed by atoms with van der Waals surface area (Å²) >= 11 is 0. The second-order valence-electron chi connectivity index (χ2n) is 6.96. The maximum Gasteiger partial charge on any atom is 0.295 e. The van der Waals surface area contributed by atoms with Gasteiger partial charge in [-0.1, -0.05) is 30.3 Å². The van der Waals surface area contributed by atoms with Crippen LogP contribution < -0.4 is 0 Å². The number of amides is 1. The van der Waals surface area contributed by atoms with E-state index in [9.17, 15) is 14.7 Å². The maximum absolute atomic E-state index is 12.8. The number of carbonyl (C=O) groups excluding carboxylic acids is 2. The molecule has 3 rings (SSSR count). The summed E-state index contributed by atoms with van der Waals surface area (Å²) in [5.41, 5.74) is 0.572. The van der Waals surface area contributed by atoms with Crippen molar-refractivity contribution >= 4 is 17.4 Å². The molecule has 1 fully saturated rings. The highest BCUT2D eigenvalue weighted by atomic mass is 16.3. The van der Waals surface area contributed by atoms with Crippen LogP contribution in [0.5, 0.6) is 0 Å². The quantitative estimate of drug-likeness (QED) is 0.482. The summed E-state index contributed by atoms with van der Waals surface area (Å²) in [7, 11) is 3.91. The molecule has 0 aliphatic carbocycles. The highest BCUT2D eigenvalue weighted by molar-refractivity contribution is 6.46. The number of Topliss-reactive ketones (excluding diaryl/α,β-unsaturated/α-hetero) is 1. The average molecular weight is 368 g/mol. The first-order valence-electron chi connectivity index (χ1n) is 8.95. The molecule has 0 bridgehead atoms. The minimum Gasteiger partial charge on any atom is -0.507 e. The van der Waals surface area contributed by atoms with Gasteiger partial charge in [-0.2, -0.15) is 0 Å². The molecular weight excluding hydrogens is 344 g/mol. The molecule has 0 spiro atoms. The molecule has 0 saturated carbocycles. The zero-order valence-electron chi connectivity index (χ0n) is 15.8. The SMILES string of the molecule is Cc1ccc([C@@H]2/C(=C(\O)c3ccccc3)C(=O)C(=O)N2CCCN(C)C)o1. The van der Waals surface area contributed by atoms with E-state index in [1.54, 1.807) is 43.3 Å². The number of rotatable bonds is 6. The molecule has 1 atom stereocenters. The third-order valence-corrected chi connectivity index (χ3v) is 4.62. The monoisotopic (exact) mass is 368 g/mol. The molecular formula is C21H24N2O4. The molecule has 1 N–H and O–H groups in total. The molecule has 1 saturated heterocycles. The molecule has 2 aromatic rings. The molecule has 6 heteroatoms. The predicted molar refractivity (Wildman–Crippen MR) is 102 cm³/mol. The fourth-order valence-electron chi connectivity index (χ4n) is 3.32. The van der Waals surface area contributed by atoms with Crippen molar-refractivity contribution in [3.63, 3.8) is 0 Å². The van der Waals surface area contributed by atoms with Crippen LogP contribution in [-0.2, 0) is 9.59 Å². The Morgan fingerprint density at radius 1 is 1.15 bits per heavy atom. The minimum atomic E-state index is -0.721. The van der Waals surface area contributed by atoms with Gasteiger partial charge in [-0.3, -0.25) is 9.59 Å². The number of carbonyl (C=O) groups is 2. The molecule has 0 unspecified atom stereocenters. The van der Waals surface area contributed by atoms with Gasteiger partial charge in [0.2, 0.25) is 0 Å². The van der Waals surface area contributed by atoms with Crippen molar-refractivity contribution in [1.82, 2.24) is 9.80 Å². The van der Waals surface area contributed by atoms with Gasteiger partial charge in [0.25, 0.3) is 11.7 Å². The summed E-state index contributed by atoms with van der Waals surface area (Å²) in [6.07, 6.45) is 0.710. The van der Waals surface area contributed by atoms with Gasteiger partial charge in [-0.25, -0.2) is 0 Å². The van der Waals surface area contributed by atoms with E-state index in [2.05, 4.69) is 0 Å². The Labute approximate surface area is 158 Å². The van der Waals surface area contributed by atoms with Crippen molar-refractivity contribution in [1.29, 1.82) is 0 Å². The van der Waals surface area contributed by atoms with E-state index < -0.39 is 17.7 Å². The largest absolute Gasteiger partial charge is 0.507 e. The molecule has 1 aliphatic rings. The van der Waals surface area contributed by atoms with Gasteiger partial charge in [0.05, 0.1) is 5.57 Å². The molecule has 1 aromatic carbocycles. The summed E-state index contributed by atoms with van der Waals surface area (Å²) in [5, 5.41) is 10.8. The number of nitrogens with zero attached hydrogens (tertiary/aromatic N) is 2. The lowest BCUT2D eigenvalue weighted by Crippen LogP contribution is -2.32. The second kappa shape index (κ2) is 7.80. The van der Waals surface area contributed by atoms with Crippen LogP contribution in [0.2, 0.25) is 0 Å². The normalized spacial score (nSPS) is 19.3. The van der Waals surface area contributed by atoms with Crippen molar-refractivity contribution in [2.24, 2.45) is 0 Å². The van der Waals surface area contributed by atoms with Gasteiger partial charge in [-0.05, 0) is 46.1 Å². The number of hydrogen-bond acceptors (Lipinski definition) is 5. The Balaban J connectivity index is 2.05. The lowest BCUT2D eigenvalue weighted by atomic mass is 9.99. The fraction of sp³-hybridized carbons (Fsp3) is 0.333. The summed E-state index contributed by atoms with van der Waals surface area (Å²) in [4.78, 5) is 29.0. The van der Waals surface area contributed by atoms with Crippen molar-refractivity contribution in [3.8, 4) is 0 Å². The first kappa shape index (κ1) is 18.9. The standard InChI is InChI=1S/C21H24N2O4/c1-14-10-11-16(27-14)18-17(19(24)15-8-5-4-6-9-15)20(25)21(26)23(18)13-7-12-22(2)3/h4-6,8-11,18,24H,7,12-13H2,1-3H3/b19-17+/t18-/m1/s1. The van der Waals surface area contributed by atoms with Crippen LogP contribution in [0.15, 0.2) is 52.5 Å². The topological polar surface area (TPSA) is 74.0 Å². The van der Waals surface area contributed by atoms with Crippen LogP contribution >= 0.6 is 0 Å². The van der Waals surface area contributed by atoms with E-state index in [4.69, 9.17) is 4.42 Å². The van der Waals surface area contributed by atoms with Crippen molar-refractivity contribution in [2.75, 3.05) is 27.2 Å². The first-order chi connectivity index (χ1) is 12.9. The minimum absolute atomic E-state index is 0.0744. The molecule has 27 heavy (non-hydrogen) atoms. The van der Waals surface area contributed by atoms with Crippen molar-refractivity contribution in [2.45, 2.75) is 19.4 Å². The Kier molecular flexibility index (Phi) is 5.46. The number of benzene rings is 1. The number of ketones is 1. The van der Waals surface area contributed by atoms with Gasteiger partial charge >= 0.3 is 0 Å². The average Bonchev–Trinajstić information content (AvgIpc) is 3.18. The van der Waals surface area contributed by atoms with E-state index >= 15 is 0 Å². The van der Waals surface area contributed by atoms with Gasteiger partial charge in [0.1, 0.15) is 23.3 Å². The van der Waals surface area contributed by atoms with Gasteiger partial charge in [0.15, 0.2) is 0 Å². The van der Waals surface area contributed by atoms with Crippen molar-refractivity contribution in [3.05, 3.63) is 65.1 Å². The van der Waals surface area contributed by atoms with Crippen LogP contribution in [0.1, 0.15) is 29.5 Å². The Morgan fingerprint density at radius 3 is 2.44 bits per heavy atom. The van der Waals surface area contributed by atoms with E-state index in [1.807, 2.05) is 25.1 Å². The lowest BCUT2D eigenvalue weighted by Gasteiger charge is -2.24. The molecule has 0 radical (unpaired) electrons. The zero-order valence-corrected chi connectivity index (χ0v) is 15.8. The zero-order chi connectivity index (χ0) is 19.6. The van der Waals surface area contributed by atoms with Gasteiger partial charge < -0.3 is 19.3 Å². The Hall–Kier alpha value is -2.86. The van der Waals surface area contributed by atoms with Crippen LogP contribution in [0.3, 0.4) is 0 Å². The van der Waals surface area contributed by atoms with E-state index in [-0.39, 0.29) is 11.3 Å². The number of aliphatic hydroxyl groups is 1. The smallest absolute Gasteiger partial charge is 0.295 e. The number of furan rings is 1. The van der Waals surface area contributed by atoms with Crippen molar-refractivity contribution < 1.29 is 19.1 Å². The Morgan fingerprint density at radius 2 is 1.85 bits per heavy atom. The number of likely N-dealkylation sites (tertiary alicyclic amines) is 1. The van der Waals surface area contributed by atoms with Gasteiger partial charge in [0, 0.05) is 12.1 Å². The molecule has 2 heterocycles. The summed E-state index contributed by atoms with van der Waals surface area (Å²) in [5.74, 6) is -0.300. The summed E-state index contributed by atoms with van der Waals surface area (Å²) < 4.78 is 5.74. The molecule has 1 aromatic heterocycles. The maximum atomic E-state index is 12.8. The number of aliphatic hydroxyl groups excluding tert-OH is 1. The first-order valence-corrected chi connectivity index (χ1v) is 8.95. The van der Waals surface area contributed by atoms with Crippen LogP contribution in [-0.4, -0.2) is 53.8 Å². The van der Waals surface area contributed by atoms with E-state index in [0.717, 1.165) is 6.54 Å². The fourth-order valence-corrected chi connectivity index (χ4v) is 3.32. The lowest BCUT2D eigenvalue weighted by molar-refractivity contribution is -0.140. The highest BCUT2D eigenvalue weighted by Crippen LogP contribution is 2.39. The third kappa shape index (κ3) is 3.80. The molecule has 142 valence electrons. The highest BCUT2D eigenvalue weighted by Gasteiger charge is 2.47. The predicted octanol–water partition coefficient (Wildman–Crippen LogP) is 2.96. The molecule has 1 aliphatic heterocycles. The number of aryl methyl sites for hydroxylation is 1. The second-order valence-corrected chi connectivity index (χ2v) is 6.96. The summed E-state index contributed by atoms with van der Waals surface area (Å²) in [6, 6.07) is 11.6. The van der Waals surface area contributed by atoms with Crippen LogP contribution in [0.25, 0.3) is 5.76 Å². The van der Waals surface area contributed by atoms with Crippen LogP contribution in [0.4, 0.5) is 0 Å². The van der Waals surface area contributed by atoms with Gasteiger partial charge in [-0.15, -0.1) is 0 Å². The van der Waals surface area contributed by atoms with Crippen LogP contribution in [0, 0.1) is 6.92 Å². The van der Waals surface area contributed by atoms with E-state index in [0.29, 0.717) is 30.0 Å². The number of hydrogen-bond donors (Lipinski definition) is 1.